The second kappa shape index (κ2) is 4.95. The van der Waals surface area contributed by atoms with Crippen LogP contribution in [0.15, 0.2) is 36.5 Å². The molecular weight excluding hydrogens is 215 g/mol. The zero-order chi connectivity index (χ0) is 12.3. The van der Waals surface area contributed by atoms with Gasteiger partial charge in [-0.15, -0.1) is 0 Å². The minimum absolute atomic E-state index is 0.457. The van der Waals surface area contributed by atoms with Crippen LogP contribution in [0.1, 0.15) is 16.7 Å². The first-order valence-corrected chi connectivity index (χ1v) is 5.56. The van der Waals surface area contributed by atoms with E-state index in [0.29, 0.717) is 0 Å². The Labute approximate surface area is 101 Å². The van der Waals surface area contributed by atoms with Gasteiger partial charge in [-0.1, -0.05) is 29.3 Å². The number of halogens is 1. The molecule has 0 unspecified atom stereocenters. The van der Waals surface area contributed by atoms with Crippen LogP contribution in [0.2, 0.25) is 0 Å². The van der Waals surface area contributed by atoms with Gasteiger partial charge in [-0.2, -0.15) is 4.39 Å². The second-order valence-corrected chi connectivity index (χ2v) is 4.22. The van der Waals surface area contributed by atoms with Gasteiger partial charge in [0.05, 0.1) is 11.9 Å². The van der Waals surface area contributed by atoms with Crippen molar-refractivity contribution < 1.29 is 4.39 Å². The lowest BCUT2D eigenvalue weighted by Crippen LogP contribution is -2.00. The largest absolute Gasteiger partial charge is 0.380 e. The summed E-state index contributed by atoms with van der Waals surface area (Å²) in [5, 5.41) is 3.21. The molecular formula is C14H15FN2. The quantitative estimate of drug-likeness (QED) is 0.817. The molecule has 0 bridgehead atoms. The Morgan fingerprint density at radius 3 is 2.41 bits per heavy atom. The van der Waals surface area contributed by atoms with Gasteiger partial charge >= 0.3 is 0 Å². The lowest BCUT2D eigenvalue weighted by molar-refractivity contribution is 0.584. The molecule has 2 aromatic rings. The normalized spacial score (nSPS) is 10.3. The van der Waals surface area contributed by atoms with Crippen LogP contribution in [-0.2, 0) is 6.54 Å². The summed E-state index contributed by atoms with van der Waals surface area (Å²) in [7, 11) is 0. The highest BCUT2D eigenvalue weighted by Gasteiger charge is 1.97. The average Bonchev–Trinajstić information content (AvgIpc) is 2.27. The van der Waals surface area contributed by atoms with Crippen LogP contribution in [0.25, 0.3) is 0 Å². The van der Waals surface area contributed by atoms with E-state index in [1.807, 2.05) is 0 Å². The number of hydrogen-bond donors (Lipinski definition) is 1. The molecule has 1 aromatic carbocycles. The van der Waals surface area contributed by atoms with E-state index in [9.17, 15) is 4.39 Å². The zero-order valence-corrected chi connectivity index (χ0v) is 10.00. The summed E-state index contributed by atoms with van der Waals surface area (Å²) in [5.74, 6) is -0.457. The van der Waals surface area contributed by atoms with Gasteiger partial charge in [-0.3, -0.25) is 0 Å². The number of aryl methyl sites for hydroxylation is 2. The Balaban J connectivity index is 2.04. The number of rotatable bonds is 3. The van der Waals surface area contributed by atoms with Gasteiger partial charge in [0, 0.05) is 6.54 Å². The van der Waals surface area contributed by atoms with Gasteiger partial charge in [-0.25, -0.2) is 4.98 Å². The lowest BCUT2D eigenvalue weighted by atomic mass is 10.1. The molecule has 88 valence electrons. The molecule has 0 aliphatic heterocycles. The van der Waals surface area contributed by atoms with Crippen molar-refractivity contribution in [3.8, 4) is 0 Å². The summed E-state index contributed by atoms with van der Waals surface area (Å²) in [6.45, 7) is 4.88. The van der Waals surface area contributed by atoms with Gasteiger partial charge in [0.1, 0.15) is 0 Å². The third kappa shape index (κ3) is 3.28. The van der Waals surface area contributed by atoms with Crippen molar-refractivity contribution in [3.05, 3.63) is 59.2 Å². The number of benzene rings is 1. The van der Waals surface area contributed by atoms with E-state index in [1.54, 1.807) is 6.07 Å². The van der Waals surface area contributed by atoms with E-state index in [4.69, 9.17) is 0 Å². The number of pyridine rings is 1. The standard InChI is InChI=1S/C14H15FN2/c1-10-5-11(2)7-12(6-10)8-16-13-3-4-14(15)17-9-13/h3-7,9,16H,8H2,1-2H3. The zero-order valence-electron chi connectivity index (χ0n) is 10.00. The summed E-state index contributed by atoms with van der Waals surface area (Å²) < 4.78 is 12.6. The van der Waals surface area contributed by atoms with Crippen LogP contribution >= 0.6 is 0 Å². The first kappa shape index (κ1) is 11.6. The Hall–Kier alpha value is -1.90. The maximum absolute atomic E-state index is 12.6. The molecule has 0 fully saturated rings. The molecule has 17 heavy (non-hydrogen) atoms. The van der Waals surface area contributed by atoms with Crippen molar-refractivity contribution in [1.29, 1.82) is 0 Å². The van der Waals surface area contributed by atoms with Gasteiger partial charge in [0.2, 0.25) is 5.95 Å². The van der Waals surface area contributed by atoms with E-state index in [-0.39, 0.29) is 0 Å². The smallest absolute Gasteiger partial charge is 0.212 e. The highest BCUT2D eigenvalue weighted by molar-refractivity contribution is 5.41. The summed E-state index contributed by atoms with van der Waals surface area (Å²) in [6, 6.07) is 9.45. The molecule has 0 atom stereocenters. The Kier molecular flexibility index (Phi) is 3.38. The molecule has 0 radical (unpaired) electrons. The first-order valence-electron chi connectivity index (χ1n) is 5.56. The van der Waals surface area contributed by atoms with Crippen molar-refractivity contribution in [1.82, 2.24) is 4.98 Å². The Morgan fingerprint density at radius 1 is 1.12 bits per heavy atom. The van der Waals surface area contributed by atoms with E-state index in [0.717, 1.165) is 12.2 Å². The topological polar surface area (TPSA) is 24.9 Å². The van der Waals surface area contributed by atoms with Crippen molar-refractivity contribution in [2.24, 2.45) is 0 Å². The second-order valence-electron chi connectivity index (χ2n) is 4.22. The molecule has 0 aliphatic carbocycles. The van der Waals surface area contributed by atoms with Gasteiger partial charge in [0.25, 0.3) is 0 Å². The molecule has 2 nitrogen and oxygen atoms in total. The molecule has 1 N–H and O–H groups in total. The Bertz CT molecular complexity index is 486. The van der Waals surface area contributed by atoms with Crippen LogP contribution in [-0.4, -0.2) is 4.98 Å². The molecule has 0 spiro atoms. The molecule has 0 amide bonds. The van der Waals surface area contributed by atoms with Gasteiger partial charge < -0.3 is 5.32 Å². The molecule has 0 aliphatic rings. The van der Waals surface area contributed by atoms with Crippen LogP contribution in [0.5, 0.6) is 0 Å². The SMILES string of the molecule is Cc1cc(C)cc(CNc2ccc(F)nc2)c1. The van der Waals surface area contributed by atoms with E-state index in [1.165, 1.54) is 29.0 Å². The monoisotopic (exact) mass is 230 g/mol. The predicted octanol–water partition coefficient (Wildman–Crippen LogP) is 3.45. The molecule has 0 saturated carbocycles. The summed E-state index contributed by atoms with van der Waals surface area (Å²) >= 11 is 0. The van der Waals surface area contributed by atoms with Crippen molar-refractivity contribution in [3.63, 3.8) is 0 Å². The number of nitrogens with zero attached hydrogens (tertiary/aromatic N) is 1. The van der Waals surface area contributed by atoms with Crippen molar-refractivity contribution in [2.75, 3.05) is 5.32 Å². The fourth-order valence-corrected chi connectivity index (χ4v) is 1.86. The van der Waals surface area contributed by atoms with Gasteiger partial charge in [-0.05, 0) is 31.5 Å². The molecule has 2 rings (SSSR count). The van der Waals surface area contributed by atoms with E-state index >= 15 is 0 Å². The number of nitrogens with one attached hydrogen (secondary N) is 1. The molecule has 3 heteroatoms. The number of aromatic nitrogens is 1. The predicted molar refractivity (Wildman–Crippen MR) is 67.4 cm³/mol. The highest BCUT2D eigenvalue weighted by atomic mass is 19.1. The maximum atomic E-state index is 12.6. The summed E-state index contributed by atoms with van der Waals surface area (Å²) in [5.41, 5.74) is 4.54. The van der Waals surface area contributed by atoms with E-state index in [2.05, 4.69) is 42.3 Å². The summed E-state index contributed by atoms with van der Waals surface area (Å²) in [6.07, 6.45) is 1.50. The third-order valence-electron chi connectivity index (χ3n) is 2.51. The molecule has 1 heterocycles. The third-order valence-corrected chi connectivity index (χ3v) is 2.51. The first-order chi connectivity index (χ1) is 8.13. The summed E-state index contributed by atoms with van der Waals surface area (Å²) in [4.78, 5) is 3.60. The minimum Gasteiger partial charge on any atom is -0.380 e. The van der Waals surface area contributed by atoms with Crippen molar-refractivity contribution >= 4 is 5.69 Å². The lowest BCUT2D eigenvalue weighted by Gasteiger charge is -2.08. The molecule has 1 aromatic heterocycles. The van der Waals surface area contributed by atoms with Crippen LogP contribution in [0.4, 0.5) is 10.1 Å². The van der Waals surface area contributed by atoms with Crippen LogP contribution in [0.3, 0.4) is 0 Å². The fraction of sp³-hybridized carbons (Fsp3) is 0.214. The van der Waals surface area contributed by atoms with Gasteiger partial charge in [0.15, 0.2) is 0 Å². The molecule has 0 saturated heterocycles. The van der Waals surface area contributed by atoms with Crippen LogP contribution < -0.4 is 5.32 Å². The average molecular weight is 230 g/mol. The number of hydrogen-bond acceptors (Lipinski definition) is 2. The van der Waals surface area contributed by atoms with Crippen molar-refractivity contribution in [2.45, 2.75) is 20.4 Å². The minimum atomic E-state index is -0.457. The van der Waals surface area contributed by atoms with E-state index < -0.39 is 5.95 Å². The maximum Gasteiger partial charge on any atom is 0.212 e. The number of anilines is 1. The Morgan fingerprint density at radius 2 is 1.82 bits per heavy atom. The highest BCUT2D eigenvalue weighted by Crippen LogP contribution is 2.12. The van der Waals surface area contributed by atoms with Crippen LogP contribution in [0, 0.1) is 19.8 Å². The fourth-order valence-electron chi connectivity index (χ4n) is 1.86.